The van der Waals surface area contributed by atoms with E-state index >= 15 is 0 Å². The average Bonchev–Trinajstić information content (AvgIpc) is 2.48. The summed E-state index contributed by atoms with van der Waals surface area (Å²) in [6.45, 7) is 0. The standard InChI is InChI=1S/2C9H12N.Gd/c2*1-8-6-4-5-7-9(8)10(2)3;/h2*4-7H,1H2,2-3H3;. The molecule has 0 saturated heterocycles. The van der Waals surface area contributed by atoms with Gasteiger partial charge in [-0.15, -0.1) is 0 Å². The first-order valence-corrected chi connectivity index (χ1v) is 10.3. The van der Waals surface area contributed by atoms with Gasteiger partial charge in [0.05, 0.1) is 0 Å². The third-order valence-electron chi connectivity index (χ3n) is 3.39. The second-order valence-electron chi connectivity index (χ2n) is 5.47. The molecule has 0 aliphatic carbocycles. The summed E-state index contributed by atoms with van der Waals surface area (Å²) in [5, 5.41) is 0. The first-order valence-electron chi connectivity index (χ1n) is 7.10. The zero-order valence-corrected chi connectivity index (χ0v) is 15.5. The van der Waals surface area contributed by atoms with Gasteiger partial charge in [-0.2, -0.15) is 0 Å². The first kappa shape index (κ1) is 16.7. The van der Waals surface area contributed by atoms with Gasteiger partial charge >= 0.3 is 149 Å². The number of hydrogen-bond donors (Lipinski definition) is 0. The SMILES string of the molecule is CN(C)c1ccccc1[CH2][Gd][CH2]c1ccccc1N(C)C. The van der Waals surface area contributed by atoms with Gasteiger partial charge in [0.15, 0.2) is 0 Å². The molecular formula is C18H24GdN2. The van der Waals surface area contributed by atoms with Gasteiger partial charge in [-0.3, -0.25) is 0 Å². The number of benzene rings is 2. The van der Waals surface area contributed by atoms with Crippen LogP contribution in [0.15, 0.2) is 48.5 Å². The molecule has 0 saturated carbocycles. The number of rotatable bonds is 6. The zero-order chi connectivity index (χ0) is 15.2. The molecule has 2 rings (SSSR count). The van der Waals surface area contributed by atoms with Crippen LogP contribution in [0.5, 0.6) is 0 Å². The van der Waals surface area contributed by atoms with Crippen molar-refractivity contribution in [2.75, 3.05) is 38.0 Å². The fraction of sp³-hybridized carbons (Fsp3) is 0.333. The second kappa shape index (κ2) is 8.12. The van der Waals surface area contributed by atoms with Gasteiger partial charge in [0, 0.05) is 0 Å². The van der Waals surface area contributed by atoms with Crippen LogP contribution in [0.25, 0.3) is 0 Å². The van der Waals surface area contributed by atoms with Crippen molar-refractivity contribution >= 4 is 11.4 Å². The predicted molar refractivity (Wildman–Crippen MR) is 88.9 cm³/mol. The topological polar surface area (TPSA) is 6.48 Å². The van der Waals surface area contributed by atoms with Crippen LogP contribution in [0.4, 0.5) is 11.4 Å². The van der Waals surface area contributed by atoms with Crippen LogP contribution < -0.4 is 9.80 Å². The minimum absolute atomic E-state index is 0.145. The molecule has 0 aromatic heterocycles. The number of para-hydroxylation sites is 2. The number of anilines is 2. The zero-order valence-electron chi connectivity index (χ0n) is 13.3. The Morgan fingerprint density at radius 2 is 1.05 bits per heavy atom. The molecule has 114 valence electrons. The van der Waals surface area contributed by atoms with Crippen molar-refractivity contribution in [3.8, 4) is 0 Å². The summed E-state index contributed by atoms with van der Waals surface area (Å²) in [5.74, 6) is 0. The van der Waals surface area contributed by atoms with Crippen molar-refractivity contribution in [3.63, 3.8) is 0 Å². The van der Waals surface area contributed by atoms with Crippen LogP contribution in [0, 0.1) is 35.9 Å². The van der Waals surface area contributed by atoms with Crippen molar-refractivity contribution < 1.29 is 35.9 Å². The van der Waals surface area contributed by atoms with E-state index in [1.807, 2.05) is 0 Å². The summed E-state index contributed by atoms with van der Waals surface area (Å²) in [7, 11) is 8.51. The van der Waals surface area contributed by atoms with Crippen molar-refractivity contribution in [2.24, 2.45) is 0 Å². The van der Waals surface area contributed by atoms with E-state index in [1.165, 1.54) is 26.9 Å². The van der Waals surface area contributed by atoms with Crippen molar-refractivity contribution in [1.82, 2.24) is 0 Å². The van der Waals surface area contributed by atoms with Gasteiger partial charge in [0.2, 0.25) is 0 Å². The van der Waals surface area contributed by atoms with Gasteiger partial charge in [0.25, 0.3) is 0 Å². The van der Waals surface area contributed by atoms with Crippen molar-refractivity contribution in [3.05, 3.63) is 59.7 Å². The Morgan fingerprint density at radius 1 is 0.667 bits per heavy atom. The van der Waals surface area contributed by atoms with Crippen molar-refractivity contribution in [2.45, 2.75) is 4.40 Å². The van der Waals surface area contributed by atoms with E-state index in [2.05, 4.69) is 86.5 Å². The van der Waals surface area contributed by atoms with Crippen LogP contribution in [0.3, 0.4) is 0 Å². The fourth-order valence-electron chi connectivity index (χ4n) is 2.34. The molecule has 0 aliphatic heterocycles. The summed E-state index contributed by atoms with van der Waals surface area (Å²) in [5.41, 5.74) is 5.73. The Morgan fingerprint density at radius 3 is 1.43 bits per heavy atom. The molecule has 0 amide bonds. The molecule has 2 nitrogen and oxygen atoms in total. The molecule has 0 radical (unpaired) electrons. The summed E-state index contributed by atoms with van der Waals surface area (Å²) in [6.07, 6.45) is 0. The van der Waals surface area contributed by atoms with E-state index < -0.39 is 0 Å². The average molecular weight is 426 g/mol. The molecule has 2 aromatic carbocycles. The van der Waals surface area contributed by atoms with Gasteiger partial charge in [0.1, 0.15) is 0 Å². The van der Waals surface area contributed by atoms with Gasteiger partial charge in [-0.1, -0.05) is 0 Å². The van der Waals surface area contributed by atoms with Gasteiger partial charge in [-0.05, 0) is 0 Å². The van der Waals surface area contributed by atoms with Crippen LogP contribution in [0.2, 0.25) is 0 Å². The summed E-state index contributed by atoms with van der Waals surface area (Å²) < 4.78 is 2.52. The molecule has 0 fully saturated rings. The Balaban J connectivity index is 2.03. The van der Waals surface area contributed by atoms with Crippen molar-refractivity contribution in [1.29, 1.82) is 0 Å². The molecule has 0 bridgehead atoms. The number of hydrogen-bond acceptors (Lipinski definition) is 2. The van der Waals surface area contributed by atoms with Crippen LogP contribution in [0.1, 0.15) is 11.1 Å². The number of nitrogens with zero attached hydrogens (tertiary/aromatic N) is 2. The molecule has 3 heteroatoms. The Bertz CT molecular complexity index is 527. The molecule has 2 aromatic rings. The van der Waals surface area contributed by atoms with E-state index in [0.29, 0.717) is 0 Å². The Hall–Kier alpha value is -0.635. The Kier molecular flexibility index (Phi) is 6.47. The predicted octanol–water partition coefficient (Wildman–Crippen LogP) is 3.60. The van der Waals surface area contributed by atoms with E-state index in [1.54, 1.807) is 0 Å². The van der Waals surface area contributed by atoms with Crippen LogP contribution >= 0.6 is 0 Å². The van der Waals surface area contributed by atoms with E-state index in [0.717, 1.165) is 0 Å². The molecule has 21 heavy (non-hydrogen) atoms. The fourth-order valence-corrected chi connectivity index (χ4v) is 5.20. The molecule has 0 atom stereocenters. The summed E-state index contributed by atoms with van der Waals surface area (Å²) >= 11 is -0.145. The third kappa shape index (κ3) is 4.67. The molecule has 0 N–H and O–H groups in total. The molecular weight excluding hydrogens is 401 g/mol. The maximum absolute atomic E-state index is 2.28. The second-order valence-corrected chi connectivity index (χ2v) is 8.21. The maximum atomic E-state index is 2.28. The normalized spacial score (nSPS) is 10.7. The molecule has 0 spiro atoms. The molecule has 0 unspecified atom stereocenters. The first-order chi connectivity index (χ1) is 10.1. The van der Waals surface area contributed by atoms with E-state index in [-0.39, 0.29) is 35.9 Å². The van der Waals surface area contributed by atoms with Gasteiger partial charge < -0.3 is 0 Å². The third-order valence-corrected chi connectivity index (χ3v) is 6.26. The monoisotopic (exact) mass is 426 g/mol. The molecule has 0 aliphatic rings. The Labute approximate surface area is 148 Å². The molecule has 0 heterocycles. The van der Waals surface area contributed by atoms with Gasteiger partial charge in [-0.25, -0.2) is 0 Å². The van der Waals surface area contributed by atoms with Crippen LogP contribution in [-0.4, -0.2) is 28.2 Å². The summed E-state index contributed by atoms with van der Waals surface area (Å²) in [6, 6.07) is 17.6. The minimum atomic E-state index is -0.145. The quantitative estimate of drug-likeness (QED) is 0.698. The summed E-state index contributed by atoms with van der Waals surface area (Å²) in [4.78, 5) is 4.44. The van der Waals surface area contributed by atoms with E-state index in [4.69, 9.17) is 0 Å². The van der Waals surface area contributed by atoms with Crippen LogP contribution in [-0.2, 0) is 4.40 Å². The van der Waals surface area contributed by atoms with E-state index in [9.17, 15) is 0 Å².